The highest BCUT2D eigenvalue weighted by Gasteiger charge is 2.34. The average Bonchev–Trinajstić information content (AvgIpc) is 3.00. The van der Waals surface area contributed by atoms with Gasteiger partial charge in [-0.3, -0.25) is 0 Å². The van der Waals surface area contributed by atoms with Crippen molar-refractivity contribution < 1.29 is 0 Å². The van der Waals surface area contributed by atoms with Crippen LogP contribution in [0.5, 0.6) is 0 Å². The quantitative estimate of drug-likeness (QED) is 0.831. The first-order valence-electron chi connectivity index (χ1n) is 7.27. The standard InChI is InChI=1S/C13H20N8/c1-3-13(5-4-6-13)7-16-11-18-10(14-2)19-12(20-11)21-9-15-8-17-21/h8-9H,3-7H2,1-2H3,(H2,14,16,18,19,20). The molecular formula is C13H20N8. The van der Waals surface area contributed by atoms with Crippen LogP contribution in [0.4, 0.5) is 11.9 Å². The molecule has 0 atom stereocenters. The molecule has 0 aliphatic heterocycles. The van der Waals surface area contributed by atoms with Crippen molar-refractivity contribution in [2.45, 2.75) is 32.6 Å². The first-order valence-corrected chi connectivity index (χ1v) is 7.27. The Balaban J connectivity index is 1.79. The highest BCUT2D eigenvalue weighted by Crippen LogP contribution is 2.43. The lowest BCUT2D eigenvalue weighted by Gasteiger charge is -2.41. The predicted octanol–water partition coefficient (Wildman–Crippen LogP) is 1.49. The average molecular weight is 288 g/mol. The molecule has 1 saturated carbocycles. The molecule has 2 aromatic heterocycles. The molecule has 0 unspecified atom stereocenters. The molecular weight excluding hydrogens is 268 g/mol. The Kier molecular flexibility index (Phi) is 3.68. The second-order valence-electron chi connectivity index (χ2n) is 5.43. The largest absolute Gasteiger partial charge is 0.357 e. The third kappa shape index (κ3) is 2.79. The first-order chi connectivity index (χ1) is 10.2. The highest BCUT2D eigenvalue weighted by atomic mass is 15.4. The third-order valence-corrected chi connectivity index (χ3v) is 4.26. The van der Waals surface area contributed by atoms with E-state index in [0.29, 0.717) is 23.3 Å². The van der Waals surface area contributed by atoms with E-state index in [9.17, 15) is 0 Å². The summed E-state index contributed by atoms with van der Waals surface area (Å²) in [4.78, 5) is 17.0. The van der Waals surface area contributed by atoms with E-state index in [0.717, 1.165) is 6.54 Å². The van der Waals surface area contributed by atoms with Crippen molar-refractivity contribution in [1.29, 1.82) is 0 Å². The normalized spacial score (nSPS) is 16.3. The van der Waals surface area contributed by atoms with Crippen LogP contribution in [0.25, 0.3) is 5.95 Å². The van der Waals surface area contributed by atoms with Crippen LogP contribution in [0.3, 0.4) is 0 Å². The zero-order valence-corrected chi connectivity index (χ0v) is 12.4. The predicted molar refractivity (Wildman–Crippen MR) is 79.4 cm³/mol. The van der Waals surface area contributed by atoms with E-state index in [-0.39, 0.29) is 0 Å². The maximum Gasteiger partial charge on any atom is 0.258 e. The van der Waals surface area contributed by atoms with Gasteiger partial charge in [0.05, 0.1) is 0 Å². The van der Waals surface area contributed by atoms with Crippen molar-refractivity contribution in [2.24, 2.45) is 5.41 Å². The van der Waals surface area contributed by atoms with Crippen molar-refractivity contribution in [3.05, 3.63) is 12.7 Å². The van der Waals surface area contributed by atoms with E-state index in [1.165, 1.54) is 36.7 Å². The molecule has 0 spiro atoms. The van der Waals surface area contributed by atoms with Gasteiger partial charge in [-0.05, 0) is 24.7 Å². The Labute approximate surface area is 123 Å². The van der Waals surface area contributed by atoms with Crippen LogP contribution in [0.15, 0.2) is 12.7 Å². The molecule has 2 N–H and O–H groups in total. The van der Waals surface area contributed by atoms with Gasteiger partial charge in [0.2, 0.25) is 11.9 Å². The second-order valence-corrected chi connectivity index (χ2v) is 5.43. The summed E-state index contributed by atoms with van der Waals surface area (Å²) in [6.45, 7) is 3.14. The lowest BCUT2D eigenvalue weighted by Crippen LogP contribution is -2.36. The molecule has 0 amide bonds. The molecule has 0 radical (unpaired) electrons. The Hall–Kier alpha value is -2.25. The zero-order chi connectivity index (χ0) is 14.7. The Bertz CT molecular complexity index is 585. The SMILES string of the molecule is CCC1(CNc2nc(NC)nc(-n3cncn3)n2)CCC1. The van der Waals surface area contributed by atoms with Crippen LogP contribution in [0.2, 0.25) is 0 Å². The van der Waals surface area contributed by atoms with Crippen molar-refractivity contribution in [1.82, 2.24) is 29.7 Å². The Morgan fingerprint density at radius 3 is 2.62 bits per heavy atom. The zero-order valence-electron chi connectivity index (χ0n) is 12.4. The van der Waals surface area contributed by atoms with E-state index < -0.39 is 0 Å². The van der Waals surface area contributed by atoms with Gasteiger partial charge >= 0.3 is 0 Å². The number of hydrogen-bond acceptors (Lipinski definition) is 7. The van der Waals surface area contributed by atoms with Gasteiger partial charge in [-0.25, -0.2) is 4.98 Å². The fraction of sp³-hybridized carbons (Fsp3) is 0.615. The van der Waals surface area contributed by atoms with Crippen molar-refractivity contribution in [2.75, 3.05) is 24.2 Å². The minimum Gasteiger partial charge on any atom is -0.357 e. The summed E-state index contributed by atoms with van der Waals surface area (Å²) in [7, 11) is 1.78. The molecule has 2 aromatic rings. The summed E-state index contributed by atoms with van der Waals surface area (Å²) in [6, 6.07) is 0. The number of aromatic nitrogens is 6. The van der Waals surface area contributed by atoms with Crippen LogP contribution in [0, 0.1) is 5.41 Å². The summed E-state index contributed by atoms with van der Waals surface area (Å²) >= 11 is 0. The molecule has 21 heavy (non-hydrogen) atoms. The number of nitrogens with one attached hydrogen (secondary N) is 2. The number of hydrogen-bond donors (Lipinski definition) is 2. The Morgan fingerprint density at radius 1 is 1.24 bits per heavy atom. The number of nitrogens with zero attached hydrogens (tertiary/aromatic N) is 6. The van der Waals surface area contributed by atoms with E-state index in [1.807, 2.05) is 0 Å². The summed E-state index contributed by atoms with van der Waals surface area (Å²) in [5.41, 5.74) is 0.403. The summed E-state index contributed by atoms with van der Waals surface area (Å²) in [5.74, 6) is 1.53. The van der Waals surface area contributed by atoms with Gasteiger partial charge in [0.1, 0.15) is 12.7 Å². The molecule has 1 aliphatic rings. The topological polar surface area (TPSA) is 93.4 Å². The fourth-order valence-electron chi connectivity index (χ4n) is 2.57. The summed E-state index contributed by atoms with van der Waals surface area (Å²) < 4.78 is 1.52. The van der Waals surface area contributed by atoms with E-state index in [2.05, 4.69) is 42.6 Å². The summed E-state index contributed by atoms with van der Waals surface area (Å²) in [5, 5.41) is 10.3. The maximum atomic E-state index is 4.41. The smallest absolute Gasteiger partial charge is 0.258 e. The van der Waals surface area contributed by atoms with Gasteiger partial charge in [0.25, 0.3) is 5.95 Å². The van der Waals surface area contributed by atoms with Crippen LogP contribution < -0.4 is 10.6 Å². The monoisotopic (exact) mass is 288 g/mol. The Morgan fingerprint density at radius 2 is 2.05 bits per heavy atom. The van der Waals surface area contributed by atoms with Crippen molar-refractivity contribution in [3.63, 3.8) is 0 Å². The van der Waals surface area contributed by atoms with Crippen LogP contribution in [-0.4, -0.2) is 43.3 Å². The molecule has 0 saturated heterocycles. The molecule has 3 rings (SSSR count). The van der Waals surface area contributed by atoms with Crippen molar-refractivity contribution in [3.8, 4) is 5.95 Å². The van der Waals surface area contributed by atoms with Crippen LogP contribution >= 0.6 is 0 Å². The fourth-order valence-corrected chi connectivity index (χ4v) is 2.57. The molecule has 8 nitrogen and oxygen atoms in total. The number of rotatable bonds is 6. The molecule has 0 bridgehead atoms. The molecule has 2 heterocycles. The second kappa shape index (κ2) is 5.63. The van der Waals surface area contributed by atoms with Gasteiger partial charge in [-0.1, -0.05) is 13.3 Å². The molecule has 112 valence electrons. The summed E-state index contributed by atoms with van der Waals surface area (Å²) in [6.07, 6.45) is 8.07. The van der Waals surface area contributed by atoms with Gasteiger partial charge in [0, 0.05) is 13.6 Å². The van der Waals surface area contributed by atoms with Crippen LogP contribution in [0.1, 0.15) is 32.6 Å². The van der Waals surface area contributed by atoms with E-state index in [4.69, 9.17) is 0 Å². The minimum absolute atomic E-state index is 0.403. The van der Waals surface area contributed by atoms with E-state index >= 15 is 0 Å². The van der Waals surface area contributed by atoms with Gasteiger partial charge in [0.15, 0.2) is 0 Å². The first kappa shape index (κ1) is 13.7. The van der Waals surface area contributed by atoms with Crippen molar-refractivity contribution >= 4 is 11.9 Å². The highest BCUT2D eigenvalue weighted by molar-refractivity contribution is 5.37. The molecule has 1 fully saturated rings. The van der Waals surface area contributed by atoms with Gasteiger partial charge < -0.3 is 10.6 Å². The van der Waals surface area contributed by atoms with Crippen LogP contribution in [-0.2, 0) is 0 Å². The molecule has 1 aliphatic carbocycles. The number of anilines is 2. The van der Waals surface area contributed by atoms with Gasteiger partial charge in [-0.2, -0.15) is 24.7 Å². The maximum absolute atomic E-state index is 4.41. The lowest BCUT2D eigenvalue weighted by atomic mass is 9.67. The molecule has 8 heteroatoms. The van der Waals surface area contributed by atoms with Gasteiger partial charge in [-0.15, -0.1) is 0 Å². The molecule has 0 aromatic carbocycles. The minimum atomic E-state index is 0.403. The third-order valence-electron chi connectivity index (χ3n) is 4.26. The van der Waals surface area contributed by atoms with E-state index in [1.54, 1.807) is 13.4 Å². The lowest BCUT2D eigenvalue weighted by molar-refractivity contribution is 0.144.